The van der Waals surface area contributed by atoms with Crippen LogP contribution in [0, 0.1) is 0 Å². The van der Waals surface area contributed by atoms with Crippen LogP contribution in [0.15, 0.2) is 66.2 Å². The van der Waals surface area contributed by atoms with Gasteiger partial charge in [0, 0.05) is 11.1 Å². The van der Waals surface area contributed by atoms with Gasteiger partial charge in [-0.3, -0.25) is 9.59 Å². The molecule has 2 aromatic rings. The van der Waals surface area contributed by atoms with Crippen molar-refractivity contribution < 1.29 is 9.59 Å². The summed E-state index contributed by atoms with van der Waals surface area (Å²) >= 11 is 0. The molecule has 0 saturated carbocycles. The van der Waals surface area contributed by atoms with Gasteiger partial charge in [0.15, 0.2) is 11.6 Å². The van der Waals surface area contributed by atoms with E-state index in [2.05, 4.69) is 0 Å². The molecule has 3 rings (SSSR count). The number of fused-ring (bicyclic) bond motifs is 1. The van der Waals surface area contributed by atoms with Gasteiger partial charge in [-0.2, -0.15) is 0 Å². The van der Waals surface area contributed by atoms with Crippen LogP contribution >= 0.6 is 0 Å². The lowest BCUT2D eigenvalue weighted by Crippen LogP contribution is -2.36. The quantitative estimate of drug-likeness (QED) is 0.614. The van der Waals surface area contributed by atoms with Crippen LogP contribution in [0.5, 0.6) is 0 Å². The first-order chi connectivity index (χ1) is 10.1. The molecule has 104 valence electrons. The average Bonchev–Trinajstić information content (AvgIpc) is 2.71. The lowest BCUT2D eigenvalue weighted by molar-refractivity contribution is 0.0834. The van der Waals surface area contributed by atoms with Gasteiger partial charge in [0.2, 0.25) is 0 Å². The van der Waals surface area contributed by atoms with Crippen molar-refractivity contribution in [2.45, 2.75) is 19.3 Å². The van der Waals surface area contributed by atoms with Crippen LogP contribution in [0.2, 0.25) is 0 Å². The Hall–Kier alpha value is -2.48. The predicted octanol–water partition coefficient (Wildman–Crippen LogP) is 3.97. The monoisotopic (exact) mass is 276 g/mol. The summed E-state index contributed by atoms with van der Waals surface area (Å²) in [6.45, 7) is 3.82. The van der Waals surface area contributed by atoms with Gasteiger partial charge in [0.1, 0.15) is 5.41 Å². The van der Waals surface area contributed by atoms with Crippen molar-refractivity contribution in [3.8, 4) is 0 Å². The van der Waals surface area contributed by atoms with E-state index in [-0.39, 0.29) is 11.6 Å². The maximum Gasteiger partial charge on any atom is 0.185 e. The van der Waals surface area contributed by atoms with Crippen molar-refractivity contribution >= 4 is 11.6 Å². The highest BCUT2D eigenvalue weighted by Gasteiger charge is 2.52. The molecule has 1 aliphatic carbocycles. The van der Waals surface area contributed by atoms with Crippen molar-refractivity contribution in [3.63, 3.8) is 0 Å². The molecule has 0 atom stereocenters. The molecular formula is C19H16O2. The Bertz CT molecular complexity index is 715. The minimum Gasteiger partial charge on any atom is -0.292 e. The fourth-order valence-corrected chi connectivity index (χ4v) is 3.02. The van der Waals surface area contributed by atoms with Crippen LogP contribution in [-0.2, 0) is 5.41 Å². The van der Waals surface area contributed by atoms with Gasteiger partial charge in [-0.15, -0.1) is 0 Å². The third kappa shape index (κ3) is 1.87. The van der Waals surface area contributed by atoms with Crippen LogP contribution in [0.25, 0.3) is 0 Å². The number of Topliss-reactive ketones (excluding diaryl/α,β-unsaturated/α-hetero) is 2. The van der Waals surface area contributed by atoms with Crippen molar-refractivity contribution in [1.82, 2.24) is 0 Å². The molecule has 0 heterocycles. The van der Waals surface area contributed by atoms with Crippen LogP contribution in [-0.4, -0.2) is 11.6 Å². The first-order valence-corrected chi connectivity index (χ1v) is 6.97. The van der Waals surface area contributed by atoms with Crippen molar-refractivity contribution in [2.75, 3.05) is 0 Å². The second-order valence-corrected chi connectivity index (χ2v) is 5.60. The third-order valence-corrected chi connectivity index (χ3v) is 3.87. The molecule has 0 amide bonds. The molecule has 2 heteroatoms. The van der Waals surface area contributed by atoms with E-state index in [0.717, 1.165) is 11.1 Å². The summed E-state index contributed by atoms with van der Waals surface area (Å²) in [7, 11) is 0. The molecule has 0 N–H and O–H groups in total. The van der Waals surface area contributed by atoms with Crippen molar-refractivity contribution in [3.05, 3.63) is 82.9 Å². The van der Waals surface area contributed by atoms with Crippen molar-refractivity contribution in [1.29, 1.82) is 0 Å². The SMILES string of the molecule is CC(C)=CC1(c2ccccc2)C(=O)c2ccccc2C1=O. The minimum atomic E-state index is -1.20. The Kier molecular flexibility index (Phi) is 3.09. The van der Waals surface area contributed by atoms with E-state index in [0.29, 0.717) is 11.1 Å². The van der Waals surface area contributed by atoms with E-state index in [1.165, 1.54) is 0 Å². The lowest BCUT2D eigenvalue weighted by atomic mass is 9.75. The molecule has 0 bridgehead atoms. The number of carbonyl (C=O) groups excluding carboxylic acids is 2. The number of ketones is 2. The maximum absolute atomic E-state index is 13.0. The minimum absolute atomic E-state index is 0.129. The van der Waals surface area contributed by atoms with Crippen LogP contribution in [0.1, 0.15) is 40.1 Å². The number of allylic oxidation sites excluding steroid dienone is 2. The van der Waals surface area contributed by atoms with E-state index >= 15 is 0 Å². The Morgan fingerprint density at radius 2 is 1.29 bits per heavy atom. The summed E-state index contributed by atoms with van der Waals surface area (Å²) in [5.74, 6) is -0.258. The molecule has 0 radical (unpaired) electrons. The van der Waals surface area contributed by atoms with Crippen molar-refractivity contribution in [2.24, 2.45) is 0 Å². The number of benzene rings is 2. The van der Waals surface area contributed by atoms with E-state index in [9.17, 15) is 9.59 Å². The first kappa shape index (κ1) is 13.5. The summed E-state index contributed by atoms with van der Waals surface area (Å²) in [6, 6.07) is 16.4. The Morgan fingerprint density at radius 3 is 1.76 bits per heavy atom. The van der Waals surface area contributed by atoms with E-state index in [1.54, 1.807) is 30.3 Å². The standard InChI is InChI=1S/C19H16O2/c1-13(2)12-19(14-8-4-3-5-9-14)17(20)15-10-6-7-11-16(15)18(19)21/h3-12H,1-2H3. The zero-order chi connectivity index (χ0) is 15.0. The van der Waals surface area contributed by atoms with Gasteiger partial charge in [-0.05, 0) is 19.4 Å². The van der Waals surface area contributed by atoms with Gasteiger partial charge in [-0.25, -0.2) is 0 Å². The Labute approximate surface area is 124 Å². The second-order valence-electron chi connectivity index (χ2n) is 5.60. The van der Waals surface area contributed by atoms with Gasteiger partial charge in [-0.1, -0.05) is 66.2 Å². The lowest BCUT2D eigenvalue weighted by Gasteiger charge is -2.23. The van der Waals surface area contributed by atoms with E-state index in [4.69, 9.17) is 0 Å². The molecule has 0 fully saturated rings. The van der Waals surface area contributed by atoms with Crippen LogP contribution in [0.4, 0.5) is 0 Å². The summed E-state index contributed by atoms with van der Waals surface area (Å²) in [4.78, 5) is 26.0. The molecule has 1 aliphatic rings. The molecule has 2 nitrogen and oxygen atoms in total. The van der Waals surface area contributed by atoms with Crippen LogP contribution < -0.4 is 0 Å². The molecule has 0 saturated heterocycles. The highest BCUT2D eigenvalue weighted by Crippen LogP contribution is 2.41. The number of rotatable bonds is 2. The van der Waals surface area contributed by atoms with Gasteiger partial charge >= 0.3 is 0 Å². The molecule has 2 aromatic carbocycles. The Balaban J connectivity index is 2.32. The topological polar surface area (TPSA) is 34.1 Å². The highest BCUT2D eigenvalue weighted by molar-refractivity contribution is 6.34. The molecule has 21 heavy (non-hydrogen) atoms. The van der Waals surface area contributed by atoms with E-state index in [1.807, 2.05) is 44.2 Å². The molecular weight excluding hydrogens is 260 g/mol. The fraction of sp³-hybridized carbons (Fsp3) is 0.158. The fourth-order valence-electron chi connectivity index (χ4n) is 3.02. The van der Waals surface area contributed by atoms with Gasteiger partial charge < -0.3 is 0 Å². The summed E-state index contributed by atoms with van der Waals surface area (Å²) in [6.07, 6.45) is 1.80. The Morgan fingerprint density at radius 1 is 0.810 bits per heavy atom. The predicted molar refractivity (Wildman–Crippen MR) is 82.7 cm³/mol. The largest absolute Gasteiger partial charge is 0.292 e. The zero-order valence-electron chi connectivity index (χ0n) is 12.1. The molecule has 0 unspecified atom stereocenters. The molecule has 0 spiro atoms. The average molecular weight is 276 g/mol. The first-order valence-electron chi connectivity index (χ1n) is 6.97. The smallest absolute Gasteiger partial charge is 0.185 e. The van der Waals surface area contributed by atoms with Crippen LogP contribution in [0.3, 0.4) is 0 Å². The molecule has 0 aromatic heterocycles. The summed E-state index contributed by atoms with van der Waals surface area (Å²) in [5.41, 5.74) is 1.52. The normalized spacial score (nSPS) is 15.7. The zero-order valence-corrected chi connectivity index (χ0v) is 12.1. The third-order valence-electron chi connectivity index (χ3n) is 3.87. The summed E-state index contributed by atoms with van der Waals surface area (Å²) < 4.78 is 0. The highest BCUT2D eigenvalue weighted by atomic mass is 16.2. The van der Waals surface area contributed by atoms with Gasteiger partial charge in [0.25, 0.3) is 0 Å². The van der Waals surface area contributed by atoms with Gasteiger partial charge in [0.05, 0.1) is 0 Å². The second kappa shape index (κ2) is 4.81. The van der Waals surface area contributed by atoms with E-state index < -0.39 is 5.41 Å². The number of hydrogen-bond donors (Lipinski definition) is 0. The number of hydrogen-bond acceptors (Lipinski definition) is 2. The summed E-state index contributed by atoms with van der Waals surface area (Å²) in [5, 5.41) is 0. The maximum atomic E-state index is 13.0. The number of carbonyl (C=O) groups is 2. The molecule has 0 aliphatic heterocycles.